The number of piperidine rings is 1. The highest BCUT2D eigenvalue weighted by Gasteiger charge is 2.29. The average Bonchev–Trinajstić information content (AvgIpc) is 2.90. The topological polar surface area (TPSA) is 43.9 Å². The summed E-state index contributed by atoms with van der Waals surface area (Å²) in [5, 5.41) is 0. The molecule has 0 radical (unpaired) electrons. The first kappa shape index (κ1) is 26.4. The molecular weight excluding hydrogens is 446 g/mol. The molecule has 0 N–H and O–H groups in total. The predicted octanol–water partition coefficient (Wildman–Crippen LogP) is 6.12. The fourth-order valence-electron chi connectivity index (χ4n) is 5.84. The molecule has 5 nitrogen and oxygen atoms in total. The number of carbonyl (C=O) groups is 2. The summed E-state index contributed by atoms with van der Waals surface area (Å²) in [5.74, 6) is 0.296. The van der Waals surface area contributed by atoms with Crippen LogP contribution in [0.1, 0.15) is 85.3 Å². The summed E-state index contributed by atoms with van der Waals surface area (Å²) in [6, 6.07) is 14.9. The molecule has 0 aromatic heterocycles. The number of likely N-dealkylation sites (tertiary alicyclic amines) is 1. The molecule has 2 aromatic carbocycles. The van der Waals surface area contributed by atoms with Crippen molar-refractivity contribution in [1.82, 2.24) is 9.80 Å². The Morgan fingerprint density at radius 1 is 0.778 bits per heavy atom. The fraction of sp³-hybridized carbons (Fsp3) is 0.548. The van der Waals surface area contributed by atoms with E-state index in [1.165, 1.54) is 43.2 Å². The van der Waals surface area contributed by atoms with E-state index in [0.29, 0.717) is 6.04 Å². The molecule has 1 fully saturated rings. The van der Waals surface area contributed by atoms with Crippen molar-refractivity contribution in [1.29, 1.82) is 0 Å². The van der Waals surface area contributed by atoms with Crippen molar-refractivity contribution in [3.8, 4) is 0 Å². The number of carbonyl (C=O) groups excluding carboxylic acids is 2. The number of hydrogen-bond donors (Lipinski definition) is 0. The van der Waals surface area contributed by atoms with Gasteiger partial charge in [-0.2, -0.15) is 0 Å². The number of benzene rings is 2. The molecule has 4 rings (SSSR count). The van der Waals surface area contributed by atoms with Crippen LogP contribution in [0.15, 0.2) is 42.5 Å². The lowest BCUT2D eigenvalue weighted by molar-refractivity contribution is -0.116. The molecular formula is C31H43N3O2. The first-order valence-electron chi connectivity index (χ1n) is 13.9. The van der Waals surface area contributed by atoms with Crippen molar-refractivity contribution in [2.75, 3.05) is 31.1 Å². The number of aryl methyl sites for hydroxylation is 1. The van der Waals surface area contributed by atoms with Gasteiger partial charge in [-0.25, -0.2) is 0 Å². The van der Waals surface area contributed by atoms with E-state index in [0.717, 1.165) is 68.8 Å². The van der Waals surface area contributed by atoms with Gasteiger partial charge in [0.05, 0.1) is 0 Å². The van der Waals surface area contributed by atoms with Crippen molar-refractivity contribution in [3.63, 3.8) is 0 Å². The molecule has 0 atom stereocenters. The van der Waals surface area contributed by atoms with Crippen LogP contribution < -0.4 is 4.90 Å². The van der Waals surface area contributed by atoms with Crippen molar-refractivity contribution < 1.29 is 9.59 Å². The minimum Gasteiger partial charge on any atom is -0.339 e. The number of rotatable bonds is 2. The monoisotopic (exact) mass is 489 g/mol. The number of para-hydroxylation sites is 1. The Bertz CT molecular complexity index is 1040. The van der Waals surface area contributed by atoms with E-state index in [-0.39, 0.29) is 11.8 Å². The average molecular weight is 490 g/mol. The van der Waals surface area contributed by atoms with Crippen LogP contribution in [0.2, 0.25) is 0 Å². The van der Waals surface area contributed by atoms with Gasteiger partial charge >= 0.3 is 0 Å². The lowest BCUT2D eigenvalue weighted by atomic mass is 9.98. The van der Waals surface area contributed by atoms with Gasteiger partial charge in [0.2, 0.25) is 5.91 Å². The number of anilines is 1. The minimum absolute atomic E-state index is 0.127. The first-order chi connectivity index (χ1) is 17.5. The normalized spacial score (nSPS) is 19.1. The number of nitrogens with zero attached hydrogens (tertiary/aromatic N) is 3. The molecule has 36 heavy (non-hydrogen) atoms. The Morgan fingerprint density at radius 3 is 2.17 bits per heavy atom. The van der Waals surface area contributed by atoms with Crippen LogP contribution in [0.5, 0.6) is 0 Å². The van der Waals surface area contributed by atoms with E-state index in [9.17, 15) is 9.59 Å². The second-order valence-electron chi connectivity index (χ2n) is 10.7. The molecule has 0 spiro atoms. The van der Waals surface area contributed by atoms with Crippen LogP contribution in [0.3, 0.4) is 0 Å². The zero-order chi connectivity index (χ0) is 25.5. The summed E-state index contributed by atoms with van der Waals surface area (Å²) >= 11 is 0. The van der Waals surface area contributed by atoms with Crippen LogP contribution in [0.4, 0.5) is 5.69 Å². The summed E-state index contributed by atoms with van der Waals surface area (Å²) in [5.41, 5.74) is 5.41. The minimum atomic E-state index is 0.127. The van der Waals surface area contributed by atoms with E-state index in [2.05, 4.69) is 49.1 Å². The summed E-state index contributed by atoms with van der Waals surface area (Å²) in [7, 11) is 0. The molecule has 2 aromatic rings. The van der Waals surface area contributed by atoms with E-state index >= 15 is 0 Å². The number of hydrogen-bond acceptors (Lipinski definition) is 3. The highest BCUT2D eigenvalue weighted by Crippen LogP contribution is 2.28. The predicted molar refractivity (Wildman–Crippen MR) is 147 cm³/mol. The van der Waals surface area contributed by atoms with E-state index < -0.39 is 0 Å². The molecule has 0 saturated carbocycles. The highest BCUT2D eigenvalue weighted by atomic mass is 16.2. The Balaban J connectivity index is 1.49. The van der Waals surface area contributed by atoms with Gasteiger partial charge in [-0.05, 0) is 74.9 Å². The van der Waals surface area contributed by atoms with Crippen LogP contribution in [0, 0.1) is 13.8 Å². The maximum absolute atomic E-state index is 13.3. The smallest absolute Gasteiger partial charge is 0.254 e. The Morgan fingerprint density at radius 2 is 1.44 bits per heavy atom. The summed E-state index contributed by atoms with van der Waals surface area (Å²) in [6.07, 6.45) is 9.21. The molecule has 5 heteroatoms. The number of fused-ring (bicyclic) bond motifs is 1. The Labute approximate surface area is 217 Å². The summed E-state index contributed by atoms with van der Waals surface area (Å²) in [4.78, 5) is 32.5. The third-order valence-electron chi connectivity index (χ3n) is 8.22. The second kappa shape index (κ2) is 12.5. The molecule has 0 unspecified atom stereocenters. The molecule has 2 amide bonds. The third kappa shape index (κ3) is 6.36. The van der Waals surface area contributed by atoms with Gasteiger partial charge in [0.25, 0.3) is 5.91 Å². The highest BCUT2D eigenvalue weighted by molar-refractivity contribution is 5.96. The zero-order valence-corrected chi connectivity index (χ0v) is 22.5. The lowest BCUT2D eigenvalue weighted by Gasteiger charge is -2.39. The third-order valence-corrected chi connectivity index (χ3v) is 8.22. The second-order valence-corrected chi connectivity index (χ2v) is 10.7. The molecule has 194 valence electrons. The molecule has 0 bridgehead atoms. The van der Waals surface area contributed by atoms with Gasteiger partial charge in [0.1, 0.15) is 0 Å². The van der Waals surface area contributed by atoms with Gasteiger partial charge in [0, 0.05) is 50.4 Å². The largest absolute Gasteiger partial charge is 0.339 e. The van der Waals surface area contributed by atoms with Crippen LogP contribution in [0.25, 0.3) is 0 Å². The fourth-order valence-corrected chi connectivity index (χ4v) is 5.84. The Hall–Kier alpha value is -2.66. The summed E-state index contributed by atoms with van der Waals surface area (Å²) < 4.78 is 0. The molecule has 2 aliphatic rings. The van der Waals surface area contributed by atoms with Crippen molar-refractivity contribution in [3.05, 3.63) is 64.7 Å². The van der Waals surface area contributed by atoms with E-state index in [1.54, 1.807) is 6.92 Å². The first-order valence-corrected chi connectivity index (χ1v) is 13.9. The van der Waals surface area contributed by atoms with Crippen LogP contribution in [-0.2, 0) is 11.3 Å². The molecule has 2 aliphatic heterocycles. The van der Waals surface area contributed by atoms with Crippen molar-refractivity contribution in [2.24, 2.45) is 0 Å². The van der Waals surface area contributed by atoms with Crippen molar-refractivity contribution >= 4 is 17.5 Å². The standard InChI is InChI=1S/C31H43N3O2/c1-24-13-12-15-29(25(24)2)31(36)32-21-17-28(18-22-32)33-19-10-6-4-5-7-11-20-34(26(3)35)30-16-9-8-14-27(30)23-33/h8-9,12-16,28H,4-7,10-11,17-23H2,1-3H3. The maximum Gasteiger partial charge on any atom is 0.254 e. The molecule has 1 saturated heterocycles. The van der Waals surface area contributed by atoms with Crippen LogP contribution in [-0.4, -0.2) is 53.8 Å². The van der Waals surface area contributed by atoms with Crippen LogP contribution >= 0.6 is 0 Å². The zero-order valence-electron chi connectivity index (χ0n) is 22.5. The quantitative estimate of drug-likeness (QED) is 0.511. The van der Waals surface area contributed by atoms with Gasteiger partial charge in [-0.3, -0.25) is 14.5 Å². The van der Waals surface area contributed by atoms with Gasteiger partial charge in [-0.1, -0.05) is 56.0 Å². The van der Waals surface area contributed by atoms with E-state index in [4.69, 9.17) is 0 Å². The van der Waals surface area contributed by atoms with Gasteiger partial charge in [0.15, 0.2) is 0 Å². The molecule has 2 heterocycles. The molecule has 0 aliphatic carbocycles. The summed E-state index contributed by atoms with van der Waals surface area (Å²) in [6.45, 7) is 10.1. The SMILES string of the molecule is CC(=O)N1CCCCCCCCN(C2CCN(C(=O)c3cccc(C)c3C)CC2)Cc2ccccc21. The maximum atomic E-state index is 13.3. The van der Waals surface area contributed by atoms with Gasteiger partial charge in [-0.15, -0.1) is 0 Å². The lowest BCUT2D eigenvalue weighted by Crippen LogP contribution is -2.47. The van der Waals surface area contributed by atoms with E-state index in [1.807, 2.05) is 21.9 Å². The van der Waals surface area contributed by atoms with Crippen molar-refractivity contribution in [2.45, 2.75) is 84.7 Å². The Kier molecular flexibility index (Phi) is 9.19. The number of amides is 2. The van der Waals surface area contributed by atoms with Gasteiger partial charge < -0.3 is 9.80 Å².